The van der Waals surface area contributed by atoms with Gasteiger partial charge in [-0.2, -0.15) is 0 Å². The van der Waals surface area contributed by atoms with Crippen molar-refractivity contribution in [2.45, 2.75) is 13.7 Å². The van der Waals surface area contributed by atoms with Gasteiger partial charge < -0.3 is 4.74 Å². The molecule has 0 saturated heterocycles. The summed E-state index contributed by atoms with van der Waals surface area (Å²) in [5, 5.41) is 0. The zero-order valence-corrected chi connectivity index (χ0v) is 9.79. The van der Waals surface area contributed by atoms with Crippen LogP contribution in [0.5, 0.6) is 0 Å². The van der Waals surface area contributed by atoms with Crippen LogP contribution in [0.3, 0.4) is 0 Å². The van der Waals surface area contributed by atoms with Crippen LogP contribution in [-0.4, -0.2) is 20.8 Å². The maximum Gasteiger partial charge on any atom is 0.220 e. The molecule has 0 aliphatic carbocycles. The van der Waals surface area contributed by atoms with E-state index in [-0.39, 0.29) is 0 Å². The number of hydrogen-bond donors (Lipinski definition) is 0. The molecule has 0 N–H and O–H groups in total. The molecule has 0 bridgehead atoms. The molecule has 68 valence electrons. The second-order valence-corrected chi connectivity index (χ2v) is 6.44. The summed E-state index contributed by atoms with van der Waals surface area (Å²) in [5.74, 6) is 0. The van der Waals surface area contributed by atoms with Crippen molar-refractivity contribution in [1.82, 2.24) is 0 Å². The monoisotopic (exact) mass is 278 g/mol. The molecule has 0 aromatic rings. The van der Waals surface area contributed by atoms with Crippen molar-refractivity contribution in [3.8, 4) is 0 Å². The first-order valence-electron chi connectivity index (χ1n) is 2.36. The summed E-state index contributed by atoms with van der Waals surface area (Å²) in [5.41, 5.74) is 0. The van der Waals surface area contributed by atoms with Gasteiger partial charge in [-0.3, -0.25) is 0 Å². The lowest BCUT2D eigenvalue weighted by Crippen LogP contribution is -2.39. The Labute approximate surface area is 94.8 Å². The highest BCUT2D eigenvalue weighted by Gasteiger charge is 2.46. The molecular weight excluding hydrogens is 277 g/mol. The van der Waals surface area contributed by atoms with Gasteiger partial charge in [-0.15, -0.1) is 0 Å². The molecule has 0 saturated carbocycles. The first kappa shape index (κ1) is 12.7. The molecule has 11 heavy (non-hydrogen) atoms. The third-order valence-electron chi connectivity index (χ3n) is 0.830. The van der Waals surface area contributed by atoms with Gasteiger partial charge in [-0.1, -0.05) is 69.6 Å². The Hall–Kier alpha value is 1.70. The summed E-state index contributed by atoms with van der Waals surface area (Å²) in [7, 11) is 1.29. The van der Waals surface area contributed by atoms with Crippen LogP contribution in [0.4, 0.5) is 0 Å². The zero-order valence-electron chi connectivity index (χ0n) is 5.25. The lowest BCUT2D eigenvalue weighted by atomic mass is 10.4. The van der Waals surface area contributed by atoms with Crippen LogP contribution in [0.1, 0.15) is 0 Å². The second-order valence-electron chi connectivity index (χ2n) is 1.70. The predicted octanol–water partition coefficient (Wildman–Crippen LogP) is 3.74. The lowest BCUT2D eigenvalue weighted by Gasteiger charge is -2.28. The van der Waals surface area contributed by atoms with Crippen LogP contribution in [0.15, 0.2) is 0 Å². The molecular formula is C4H4Cl6O. The van der Waals surface area contributed by atoms with E-state index < -0.39 is 13.7 Å². The number of methoxy groups -OCH3 is 1. The molecule has 1 nitrogen and oxygen atoms in total. The van der Waals surface area contributed by atoms with Crippen LogP contribution in [0.2, 0.25) is 0 Å². The summed E-state index contributed by atoms with van der Waals surface area (Å²) in [6, 6.07) is 0. The minimum absolute atomic E-state index is 1.09. The fourth-order valence-corrected chi connectivity index (χ4v) is 2.47. The maximum absolute atomic E-state index is 5.44. The Morgan fingerprint density at radius 3 is 1.18 bits per heavy atom. The van der Waals surface area contributed by atoms with E-state index in [1.165, 1.54) is 7.11 Å². The highest BCUT2D eigenvalue weighted by atomic mass is 35.6. The predicted molar refractivity (Wildman–Crippen MR) is 51.4 cm³/mol. The Kier molecular flexibility index (Phi) is 4.94. The van der Waals surface area contributed by atoms with Crippen molar-refractivity contribution < 1.29 is 4.74 Å². The Morgan fingerprint density at radius 1 is 0.909 bits per heavy atom. The fraction of sp³-hybridized carbons (Fsp3) is 1.00. The number of alkyl halides is 6. The van der Waals surface area contributed by atoms with E-state index in [4.69, 9.17) is 69.6 Å². The van der Waals surface area contributed by atoms with Crippen molar-refractivity contribution >= 4 is 69.6 Å². The van der Waals surface area contributed by atoms with Gasteiger partial charge in [0.2, 0.25) is 7.59 Å². The van der Waals surface area contributed by atoms with Crippen LogP contribution in [0.25, 0.3) is 0 Å². The summed E-state index contributed by atoms with van der Waals surface area (Å²) >= 11 is 32.6. The van der Waals surface area contributed by atoms with Crippen LogP contribution in [0, 0.1) is 0 Å². The van der Waals surface area contributed by atoms with Crippen molar-refractivity contribution in [3.05, 3.63) is 0 Å². The van der Waals surface area contributed by atoms with Crippen LogP contribution < -0.4 is 0 Å². The average Bonchev–Trinajstić information content (AvgIpc) is 1.56. The molecule has 0 radical (unpaired) electrons. The molecule has 0 aliphatic heterocycles. The van der Waals surface area contributed by atoms with E-state index in [0.717, 1.165) is 0 Å². The molecule has 0 rings (SSSR count). The van der Waals surface area contributed by atoms with E-state index in [1.807, 2.05) is 0 Å². The molecule has 0 atom stereocenters. The largest absolute Gasteiger partial charge is 0.372 e. The average molecular weight is 281 g/mol. The van der Waals surface area contributed by atoms with Gasteiger partial charge in [-0.25, -0.2) is 0 Å². The topological polar surface area (TPSA) is 9.23 Å². The van der Waals surface area contributed by atoms with E-state index in [0.29, 0.717) is 0 Å². The Bertz CT molecular complexity index is 110. The number of halogens is 6. The van der Waals surface area contributed by atoms with Crippen molar-refractivity contribution in [2.24, 2.45) is 0 Å². The van der Waals surface area contributed by atoms with Crippen molar-refractivity contribution in [1.29, 1.82) is 0 Å². The van der Waals surface area contributed by atoms with E-state index in [9.17, 15) is 0 Å². The third-order valence-corrected chi connectivity index (χ3v) is 2.02. The van der Waals surface area contributed by atoms with Crippen LogP contribution in [-0.2, 0) is 4.74 Å². The fourth-order valence-electron chi connectivity index (χ4n) is 0.453. The Balaban J connectivity index is 4.43. The van der Waals surface area contributed by atoms with Gasteiger partial charge in [0.15, 0.2) is 6.10 Å². The van der Waals surface area contributed by atoms with Crippen LogP contribution >= 0.6 is 69.6 Å². The summed E-state index contributed by atoms with van der Waals surface area (Å²) in [4.78, 5) is 0. The first-order chi connectivity index (χ1) is 4.69. The molecule has 0 aromatic heterocycles. The molecule has 7 heteroatoms. The number of ether oxygens (including phenoxy) is 1. The summed E-state index contributed by atoms with van der Waals surface area (Å²) in [6.45, 7) is 0. The van der Waals surface area contributed by atoms with Gasteiger partial charge in [0.25, 0.3) is 0 Å². The highest BCUT2D eigenvalue weighted by Crippen LogP contribution is 2.44. The third kappa shape index (κ3) is 4.47. The quantitative estimate of drug-likeness (QED) is 0.665. The van der Waals surface area contributed by atoms with E-state index >= 15 is 0 Å². The molecule has 0 aliphatic rings. The first-order valence-corrected chi connectivity index (χ1v) is 4.62. The van der Waals surface area contributed by atoms with E-state index in [2.05, 4.69) is 4.74 Å². The summed E-state index contributed by atoms with van der Waals surface area (Å²) < 4.78 is 1.19. The molecule has 0 spiro atoms. The number of hydrogen-bond acceptors (Lipinski definition) is 1. The smallest absolute Gasteiger partial charge is 0.220 e. The molecule has 0 fully saturated rings. The van der Waals surface area contributed by atoms with E-state index in [1.54, 1.807) is 0 Å². The minimum atomic E-state index is -1.75. The SMILES string of the molecule is COC(C(Cl)(Cl)Cl)C(Cl)(Cl)Cl. The van der Waals surface area contributed by atoms with Gasteiger partial charge in [0.05, 0.1) is 0 Å². The molecule has 0 unspecified atom stereocenters. The summed E-state index contributed by atoms with van der Waals surface area (Å²) in [6.07, 6.45) is -1.09. The molecule has 0 heterocycles. The minimum Gasteiger partial charge on any atom is -0.372 e. The lowest BCUT2D eigenvalue weighted by molar-refractivity contribution is 0.109. The molecule has 0 amide bonds. The van der Waals surface area contributed by atoms with Gasteiger partial charge in [0, 0.05) is 7.11 Å². The highest BCUT2D eigenvalue weighted by molar-refractivity contribution is 6.73. The molecule has 0 aromatic carbocycles. The van der Waals surface area contributed by atoms with Crippen molar-refractivity contribution in [2.75, 3.05) is 7.11 Å². The zero-order chi connectivity index (χ0) is 9.28. The maximum atomic E-state index is 5.44. The normalized spacial score (nSPS) is 14.2. The van der Waals surface area contributed by atoms with Crippen molar-refractivity contribution in [3.63, 3.8) is 0 Å². The van der Waals surface area contributed by atoms with Gasteiger partial charge >= 0.3 is 0 Å². The number of rotatable bonds is 1. The standard InChI is InChI=1S/C4H4Cl6O/c1-11-2(3(5,6)7)4(8,9)10/h2H,1H3. The van der Waals surface area contributed by atoms with Gasteiger partial charge in [0.1, 0.15) is 0 Å². The second kappa shape index (κ2) is 4.28. The van der Waals surface area contributed by atoms with Gasteiger partial charge in [-0.05, 0) is 0 Å². The Morgan fingerprint density at radius 2 is 1.18 bits per heavy atom.